The summed E-state index contributed by atoms with van der Waals surface area (Å²) < 4.78 is 2.95. The molecule has 0 fully saturated rings. The van der Waals surface area contributed by atoms with Gasteiger partial charge in [0.1, 0.15) is 12.4 Å². The standard InChI is InChI=1S/C13H18N6O2S3/c1-3-4-9-17-18-13(22)19(9)5-10(21)16-12-15-7(2)11(24-12)23-6-8(14)20/h3-6H2,1-2H3,(H2,14,20)(H,18,22)(H,15,16,21). The van der Waals surface area contributed by atoms with Crippen LogP contribution in [0.15, 0.2) is 4.21 Å². The number of amides is 2. The van der Waals surface area contributed by atoms with Crippen LogP contribution in [0.25, 0.3) is 0 Å². The van der Waals surface area contributed by atoms with Crippen molar-refractivity contribution < 1.29 is 9.59 Å². The van der Waals surface area contributed by atoms with Gasteiger partial charge in [0.15, 0.2) is 9.90 Å². The third kappa shape index (κ3) is 4.89. The minimum Gasteiger partial charge on any atom is -0.369 e. The zero-order chi connectivity index (χ0) is 17.7. The van der Waals surface area contributed by atoms with Crippen LogP contribution in [0.1, 0.15) is 24.9 Å². The lowest BCUT2D eigenvalue weighted by atomic mass is 10.3. The Morgan fingerprint density at radius 2 is 2.25 bits per heavy atom. The molecule has 24 heavy (non-hydrogen) atoms. The molecule has 0 aliphatic heterocycles. The molecule has 11 heteroatoms. The second kappa shape index (κ2) is 8.40. The first-order chi connectivity index (χ1) is 11.4. The average Bonchev–Trinajstić information content (AvgIpc) is 3.02. The molecule has 0 bridgehead atoms. The van der Waals surface area contributed by atoms with E-state index in [1.54, 1.807) is 4.57 Å². The maximum absolute atomic E-state index is 12.2. The number of hydrogen-bond donors (Lipinski definition) is 3. The Morgan fingerprint density at radius 3 is 2.92 bits per heavy atom. The molecular formula is C13H18N6O2S3. The van der Waals surface area contributed by atoms with Gasteiger partial charge in [-0.15, -0.1) is 11.8 Å². The number of nitrogens with one attached hydrogen (secondary N) is 2. The van der Waals surface area contributed by atoms with Gasteiger partial charge in [0.2, 0.25) is 11.8 Å². The number of thioether (sulfide) groups is 1. The van der Waals surface area contributed by atoms with Crippen molar-refractivity contribution in [2.45, 2.75) is 37.4 Å². The molecule has 2 aromatic heterocycles. The first-order valence-corrected chi connectivity index (χ1v) is 9.44. The summed E-state index contributed by atoms with van der Waals surface area (Å²) in [5.74, 6) is 0.313. The van der Waals surface area contributed by atoms with Crippen molar-refractivity contribution >= 4 is 52.3 Å². The Balaban J connectivity index is 2.03. The van der Waals surface area contributed by atoms with Gasteiger partial charge in [-0.25, -0.2) is 4.98 Å². The molecular weight excluding hydrogens is 368 g/mol. The van der Waals surface area contributed by atoms with Gasteiger partial charge < -0.3 is 11.1 Å². The predicted octanol–water partition coefficient (Wildman–Crippen LogP) is 1.87. The largest absolute Gasteiger partial charge is 0.369 e. The fraction of sp³-hybridized carbons (Fsp3) is 0.462. The molecule has 0 atom stereocenters. The third-order valence-corrected chi connectivity index (χ3v) is 5.73. The van der Waals surface area contributed by atoms with E-state index in [0.29, 0.717) is 9.90 Å². The number of primary amides is 1. The van der Waals surface area contributed by atoms with E-state index in [0.717, 1.165) is 28.6 Å². The highest BCUT2D eigenvalue weighted by Gasteiger charge is 2.14. The van der Waals surface area contributed by atoms with Crippen molar-refractivity contribution in [3.05, 3.63) is 16.3 Å². The molecule has 0 saturated carbocycles. The first kappa shape index (κ1) is 18.6. The van der Waals surface area contributed by atoms with E-state index in [4.69, 9.17) is 18.0 Å². The Bertz CT molecular complexity index is 794. The summed E-state index contributed by atoms with van der Waals surface area (Å²) in [7, 11) is 0. The highest BCUT2D eigenvalue weighted by atomic mass is 32.2. The second-order valence-electron chi connectivity index (χ2n) is 4.98. The van der Waals surface area contributed by atoms with Crippen LogP contribution in [0.2, 0.25) is 0 Å². The van der Waals surface area contributed by atoms with E-state index < -0.39 is 5.91 Å². The van der Waals surface area contributed by atoms with E-state index in [2.05, 4.69) is 20.5 Å². The lowest BCUT2D eigenvalue weighted by molar-refractivity contribution is -0.117. The number of anilines is 1. The summed E-state index contributed by atoms with van der Waals surface area (Å²) in [6.45, 7) is 3.93. The van der Waals surface area contributed by atoms with Gasteiger partial charge >= 0.3 is 0 Å². The van der Waals surface area contributed by atoms with Crippen LogP contribution in [0.4, 0.5) is 5.13 Å². The summed E-state index contributed by atoms with van der Waals surface area (Å²) in [6.07, 6.45) is 1.65. The lowest BCUT2D eigenvalue weighted by Crippen LogP contribution is -2.20. The van der Waals surface area contributed by atoms with Crippen molar-refractivity contribution in [2.75, 3.05) is 11.1 Å². The van der Waals surface area contributed by atoms with Gasteiger partial charge in [0, 0.05) is 6.42 Å². The van der Waals surface area contributed by atoms with Gasteiger partial charge in [0.05, 0.1) is 15.7 Å². The number of H-pyrrole nitrogens is 1. The number of thiazole rings is 1. The van der Waals surface area contributed by atoms with Crippen molar-refractivity contribution in [2.24, 2.45) is 5.73 Å². The van der Waals surface area contributed by atoms with Gasteiger partial charge in [-0.2, -0.15) is 5.10 Å². The van der Waals surface area contributed by atoms with E-state index in [-0.39, 0.29) is 18.2 Å². The van der Waals surface area contributed by atoms with E-state index >= 15 is 0 Å². The maximum atomic E-state index is 12.2. The minimum absolute atomic E-state index is 0.0764. The Morgan fingerprint density at radius 1 is 1.50 bits per heavy atom. The smallest absolute Gasteiger partial charge is 0.246 e. The molecule has 0 aliphatic rings. The number of carbonyl (C=O) groups excluding carboxylic acids is 2. The molecule has 2 aromatic rings. The normalized spacial score (nSPS) is 10.8. The zero-order valence-corrected chi connectivity index (χ0v) is 15.7. The maximum Gasteiger partial charge on any atom is 0.246 e. The van der Waals surface area contributed by atoms with Gasteiger partial charge in [-0.3, -0.25) is 19.3 Å². The van der Waals surface area contributed by atoms with Crippen LogP contribution >= 0.6 is 35.3 Å². The third-order valence-electron chi connectivity index (χ3n) is 2.96. The van der Waals surface area contributed by atoms with Crippen LogP contribution in [-0.4, -0.2) is 37.3 Å². The number of aromatic amines is 1. The van der Waals surface area contributed by atoms with Crippen molar-refractivity contribution in [1.29, 1.82) is 0 Å². The topological polar surface area (TPSA) is 119 Å². The minimum atomic E-state index is -0.392. The molecule has 8 nitrogen and oxygen atoms in total. The molecule has 0 unspecified atom stereocenters. The molecule has 0 aliphatic carbocycles. The second-order valence-corrected chi connectivity index (χ2v) is 7.61. The molecule has 0 aromatic carbocycles. The van der Waals surface area contributed by atoms with Gasteiger partial charge in [-0.05, 0) is 25.6 Å². The number of nitrogens with zero attached hydrogens (tertiary/aromatic N) is 3. The van der Waals surface area contributed by atoms with Crippen molar-refractivity contribution in [1.82, 2.24) is 19.7 Å². The van der Waals surface area contributed by atoms with Crippen LogP contribution < -0.4 is 11.1 Å². The number of rotatable bonds is 8. The molecule has 2 rings (SSSR count). The van der Waals surface area contributed by atoms with E-state index in [1.165, 1.54) is 23.1 Å². The number of nitrogens with two attached hydrogens (primary N) is 1. The van der Waals surface area contributed by atoms with E-state index in [9.17, 15) is 9.59 Å². The Hall–Kier alpha value is -1.72. The predicted molar refractivity (Wildman–Crippen MR) is 96.8 cm³/mol. The number of carbonyl (C=O) groups is 2. The van der Waals surface area contributed by atoms with E-state index in [1.807, 2.05) is 13.8 Å². The summed E-state index contributed by atoms with van der Waals surface area (Å²) in [5.41, 5.74) is 5.90. The molecule has 130 valence electrons. The quantitative estimate of drug-likeness (QED) is 0.471. The fourth-order valence-corrected chi connectivity index (χ4v) is 4.05. The molecule has 2 amide bonds. The molecule has 0 saturated heterocycles. The summed E-state index contributed by atoms with van der Waals surface area (Å²) in [6, 6.07) is 0. The Kier molecular flexibility index (Phi) is 6.52. The van der Waals surface area contributed by atoms with Crippen LogP contribution in [0.3, 0.4) is 0 Å². The molecule has 0 spiro atoms. The van der Waals surface area contributed by atoms with Crippen molar-refractivity contribution in [3.63, 3.8) is 0 Å². The SMILES string of the molecule is CCCc1n[nH]c(=S)n1CC(=O)Nc1nc(C)c(SCC(N)=O)s1. The highest BCUT2D eigenvalue weighted by Crippen LogP contribution is 2.31. The van der Waals surface area contributed by atoms with Crippen LogP contribution in [0, 0.1) is 11.7 Å². The average molecular weight is 387 g/mol. The molecule has 4 N–H and O–H groups in total. The van der Waals surface area contributed by atoms with Crippen LogP contribution in [0.5, 0.6) is 0 Å². The Labute approximate surface area is 152 Å². The number of aromatic nitrogens is 4. The lowest BCUT2D eigenvalue weighted by Gasteiger charge is -2.05. The molecule has 0 radical (unpaired) electrons. The highest BCUT2D eigenvalue weighted by molar-refractivity contribution is 8.01. The summed E-state index contributed by atoms with van der Waals surface area (Å²) >= 11 is 7.79. The van der Waals surface area contributed by atoms with Gasteiger partial charge in [0.25, 0.3) is 0 Å². The zero-order valence-electron chi connectivity index (χ0n) is 13.3. The van der Waals surface area contributed by atoms with Crippen molar-refractivity contribution in [3.8, 4) is 0 Å². The number of hydrogen-bond acceptors (Lipinski definition) is 7. The first-order valence-electron chi connectivity index (χ1n) is 7.23. The number of aryl methyl sites for hydroxylation is 2. The summed E-state index contributed by atoms with van der Waals surface area (Å²) in [4.78, 5) is 27.4. The summed E-state index contributed by atoms with van der Waals surface area (Å²) in [5, 5.41) is 10.1. The van der Waals surface area contributed by atoms with Crippen LogP contribution in [-0.2, 0) is 22.6 Å². The molecule has 2 heterocycles. The fourth-order valence-electron chi connectivity index (χ4n) is 1.94. The van der Waals surface area contributed by atoms with Gasteiger partial charge in [-0.1, -0.05) is 18.3 Å². The monoisotopic (exact) mass is 386 g/mol.